The summed E-state index contributed by atoms with van der Waals surface area (Å²) in [6, 6.07) is 5.89. The highest BCUT2D eigenvalue weighted by Gasteiger charge is 2.09. The van der Waals surface area contributed by atoms with Crippen LogP contribution in [0.3, 0.4) is 0 Å². The third-order valence-corrected chi connectivity index (χ3v) is 3.80. The molecule has 1 aromatic heterocycles. The minimum absolute atomic E-state index is 0.0109. The van der Waals surface area contributed by atoms with Crippen LogP contribution in [0.4, 0.5) is 4.39 Å². The van der Waals surface area contributed by atoms with Crippen LogP contribution in [0, 0.1) is 5.82 Å². The van der Waals surface area contributed by atoms with Crippen molar-refractivity contribution in [3.8, 4) is 11.4 Å². The number of nitrogens with zero attached hydrogens (tertiary/aromatic N) is 2. The Balaban J connectivity index is 1.78. The highest BCUT2D eigenvalue weighted by Crippen LogP contribution is 2.18. The molecule has 2 aromatic rings. The fourth-order valence-corrected chi connectivity index (χ4v) is 2.40. The molecule has 2 rings (SSSR count). The number of aromatic nitrogens is 2. The van der Waals surface area contributed by atoms with E-state index in [0.717, 1.165) is 12.8 Å². The lowest BCUT2D eigenvalue weighted by Crippen LogP contribution is -2.26. The lowest BCUT2D eigenvalue weighted by molar-refractivity contribution is -0.118. The van der Waals surface area contributed by atoms with Crippen LogP contribution in [0.1, 0.15) is 25.7 Å². The summed E-state index contributed by atoms with van der Waals surface area (Å²) < 4.78 is 18.0. The highest BCUT2D eigenvalue weighted by molar-refractivity contribution is 7.99. The van der Waals surface area contributed by atoms with Gasteiger partial charge in [0.1, 0.15) is 5.82 Å². The van der Waals surface area contributed by atoms with Crippen molar-refractivity contribution in [1.29, 1.82) is 0 Å². The molecular weight excluding hydrogens is 305 g/mol. The molecule has 0 saturated heterocycles. The van der Waals surface area contributed by atoms with E-state index in [9.17, 15) is 9.18 Å². The van der Waals surface area contributed by atoms with Crippen LogP contribution in [0.2, 0.25) is 0 Å². The number of amides is 1. The minimum atomic E-state index is -0.308. The molecular formula is C15H18FN3O2S. The molecule has 7 heteroatoms. The second-order valence-electron chi connectivity index (χ2n) is 4.71. The van der Waals surface area contributed by atoms with Gasteiger partial charge < -0.3 is 9.84 Å². The predicted octanol–water partition coefficient (Wildman–Crippen LogP) is 3.03. The van der Waals surface area contributed by atoms with Crippen molar-refractivity contribution in [3.63, 3.8) is 0 Å². The largest absolute Gasteiger partial charge is 0.355 e. The van der Waals surface area contributed by atoms with Gasteiger partial charge >= 0.3 is 0 Å². The summed E-state index contributed by atoms with van der Waals surface area (Å²) in [4.78, 5) is 15.8. The number of carbonyl (C=O) groups excluding carboxylic acids is 1. The van der Waals surface area contributed by atoms with E-state index in [4.69, 9.17) is 4.52 Å². The molecule has 0 spiro atoms. The van der Waals surface area contributed by atoms with Crippen LogP contribution in [0.5, 0.6) is 0 Å². The van der Waals surface area contributed by atoms with Crippen LogP contribution in [0.25, 0.3) is 11.4 Å². The number of thioether (sulfide) groups is 1. The van der Waals surface area contributed by atoms with Crippen molar-refractivity contribution in [3.05, 3.63) is 36.0 Å². The maximum atomic E-state index is 12.9. The number of hydrogen-bond acceptors (Lipinski definition) is 5. The van der Waals surface area contributed by atoms with E-state index in [1.165, 1.54) is 23.9 Å². The SMILES string of the molecule is CCCCNC(=O)CSCc1nc(-c2ccc(F)cc2)no1. The molecule has 1 aromatic carbocycles. The van der Waals surface area contributed by atoms with Gasteiger partial charge in [0.25, 0.3) is 0 Å². The Kier molecular flexibility index (Phi) is 6.39. The molecule has 0 aliphatic carbocycles. The van der Waals surface area contributed by atoms with Gasteiger partial charge in [-0.05, 0) is 30.7 Å². The average molecular weight is 323 g/mol. The summed E-state index contributed by atoms with van der Waals surface area (Å²) in [7, 11) is 0. The zero-order chi connectivity index (χ0) is 15.8. The number of benzene rings is 1. The van der Waals surface area contributed by atoms with Crippen molar-refractivity contribution in [1.82, 2.24) is 15.5 Å². The number of rotatable bonds is 8. The van der Waals surface area contributed by atoms with Crippen molar-refractivity contribution >= 4 is 17.7 Å². The monoisotopic (exact) mass is 323 g/mol. The number of hydrogen-bond donors (Lipinski definition) is 1. The van der Waals surface area contributed by atoms with Gasteiger partial charge in [0, 0.05) is 12.1 Å². The normalized spacial score (nSPS) is 10.6. The van der Waals surface area contributed by atoms with Crippen molar-refractivity contribution < 1.29 is 13.7 Å². The van der Waals surface area contributed by atoms with Gasteiger partial charge in [0.2, 0.25) is 17.6 Å². The Bertz CT molecular complexity index is 601. The average Bonchev–Trinajstić information content (AvgIpc) is 2.97. The van der Waals surface area contributed by atoms with Crippen molar-refractivity contribution in [2.24, 2.45) is 0 Å². The van der Waals surface area contributed by atoms with Gasteiger partial charge in [-0.1, -0.05) is 18.5 Å². The summed E-state index contributed by atoms with van der Waals surface area (Å²) >= 11 is 1.42. The fraction of sp³-hybridized carbons (Fsp3) is 0.400. The Morgan fingerprint density at radius 1 is 1.36 bits per heavy atom. The molecule has 0 radical (unpaired) electrons. The molecule has 118 valence electrons. The number of carbonyl (C=O) groups is 1. The van der Waals surface area contributed by atoms with Gasteiger partial charge in [-0.3, -0.25) is 4.79 Å². The van der Waals surface area contributed by atoms with Crippen molar-refractivity contribution in [2.45, 2.75) is 25.5 Å². The molecule has 0 aliphatic rings. The maximum Gasteiger partial charge on any atom is 0.236 e. The maximum absolute atomic E-state index is 12.9. The van der Waals surface area contributed by atoms with E-state index < -0.39 is 0 Å². The second-order valence-corrected chi connectivity index (χ2v) is 5.70. The van der Waals surface area contributed by atoms with E-state index in [2.05, 4.69) is 22.4 Å². The third-order valence-electron chi connectivity index (χ3n) is 2.88. The molecule has 0 fully saturated rings. The fourth-order valence-electron chi connectivity index (χ4n) is 1.72. The predicted molar refractivity (Wildman–Crippen MR) is 83.8 cm³/mol. The van der Waals surface area contributed by atoms with Gasteiger partial charge in [0.15, 0.2) is 0 Å². The Hall–Kier alpha value is -1.89. The van der Waals surface area contributed by atoms with Gasteiger partial charge in [-0.2, -0.15) is 4.98 Å². The molecule has 0 atom stereocenters. The Morgan fingerprint density at radius 3 is 2.86 bits per heavy atom. The molecule has 1 amide bonds. The summed E-state index contributed by atoms with van der Waals surface area (Å²) in [6.45, 7) is 2.79. The van der Waals surface area contributed by atoms with Gasteiger partial charge in [0.05, 0.1) is 11.5 Å². The Labute approximate surface area is 132 Å². The van der Waals surface area contributed by atoms with Gasteiger partial charge in [-0.15, -0.1) is 11.8 Å². The van der Waals surface area contributed by atoms with Crippen LogP contribution >= 0.6 is 11.8 Å². The standard InChI is InChI=1S/C15H18FN3O2S/c1-2-3-8-17-13(20)9-22-10-14-18-15(19-21-14)11-4-6-12(16)7-5-11/h4-7H,2-3,8-10H2,1H3,(H,17,20). The zero-order valence-electron chi connectivity index (χ0n) is 12.3. The van der Waals surface area contributed by atoms with Crippen molar-refractivity contribution in [2.75, 3.05) is 12.3 Å². The molecule has 0 saturated carbocycles. The molecule has 0 bridgehead atoms. The first kappa shape index (κ1) is 16.5. The molecule has 22 heavy (non-hydrogen) atoms. The van der Waals surface area contributed by atoms with E-state index in [0.29, 0.717) is 35.3 Å². The molecule has 1 N–H and O–H groups in total. The zero-order valence-corrected chi connectivity index (χ0v) is 13.2. The molecule has 0 aliphatic heterocycles. The van der Waals surface area contributed by atoms with Gasteiger partial charge in [-0.25, -0.2) is 4.39 Å². The molecule has 1 heterocycles. The van der Waals surface area contributed by atoms with Crippen LogP contribution in [-0.2, 0) is 10.5 Å². The number of nitrogens with one attached hydrogen (secondary N) is 1. The van der Waals surface area contributed by atoms with Crippen LogP contribution < -0.4 is 5.32 Å². The number of halogens is 1. The first-order chi connectivity index (χ1) is 10.7. The van der Waals surface area contributed by atoms with E-state index in [1.807, 2.05) is 0 Å². The molecule has 5 nitrogen and oxygen atoms in total. The lowest BCUT2D eigenvalue weighted by atomic mass is 10.2. The van der Waals surface area contributed by atoms with Crippen LogP contribution in [0.15, 0.2) is 28.8 Å². The summed E-state index contributed by atoms with van der Waals surface area (Å²) in [5, 5.41) is 6.70. The van der Waals surface area contributed by atoms with E-state index in [1.54, 1.807) is 12.1 Å². The quantitative estimate of drug-likeness (QED) is 0.756. The van der Waals surface area contributed by atoms with E-state index >= 15 is 0 Å². The molecule has 0 unspecified atom stereocenters. The topological polar surface area (TPSA) is 68.0 Å². The Morgan fingerprint density at radius 2 is 2.14 bits per heavy atom. The summed E-state index contributed by atoms with van der Waals surface area (Å²) in [5.41, 5.74) is 0.693. The first-order valence-electron chi connectivity index (χ1n) is 7.12. The lowest BCUT2D eigenvalue weighted by Gasteiger charge is -2.02. The third kappa shape index (κ3) is 5.14. The summed E-state index contributed by atoms with van der Waals surface area (Å²) in [5.74, 6) is 1.40. The smallest absolute Gasteiger partial charge is 0.236 e. The second kappa shape index (κ2) is 8.53. The number of unbranched alkanes of at least 4 members (excludes halogenated alkanes) is 1. The van der Waals surface area contributed by atoms with E-state index in [-0.39, 0.29) is 11.7 Å². The first-order valence-corrected chi connectivity index (χ1v) is 8.27. The summed E-state index contributed by atoms with van der Waals surface area (Å²) in [6.07, 6.45) is 2.04. The highest BCUT2D eigenvalue weighted by atomic mass is 32.2. The minimum Gasteiger partial charge on any atom is -0.355 e. The van der Waals surface area contributed by atoms with Crippen LogP contribution in [-0.4, -0.2) is 28.3 Å².